The van der Waals surface area contributed by atoms with Crippen molar-refractivity contribution >= 4 is 10.1 Å². The van der Waals surface area contributed by atoms with Crippen LogP contribution in [0.15, 0.2) is 12.7 Å². The number of unbranched alkanes of at least 4 members (excludes halogenated alkanes) is 6. The zero-order valence-electron chi connectivity index (χ0n) is 17.1. The summed E-state index contributed by atoms with van der Waals surface area (Å²) in [5, 5.41) is 0. The Morgan fingerprint density at radius 2 is 1.44 bits per heavy atom. The van der Waals surface area contributed by atoms with Crippen molar-refractivity contribution in [2.75, 3.05) is 6.26 Å². The lowest BCUT2D eigenvalue weighted by atomic mass is 9.90. The second-order valence-electron chi connectivity index (χ2n) is 7.88. The van der Waals surface area contributed by atoms with Crippen LogP contribution in [0.3, 0.4) is 0 Å². The summed E-state index contributed by atoms with van der Waals surface area (Å²) in [6.45, 7) is 10.4. The lowest BCUT2D eigenvalue weighted by Gasteiger charge is -2.23. The molecule has 0 unspecified atom stereocenters. The monoisotopic (exact) mass is 374 g/mol. The third kappa shape index (κ3) is 16.8. The third-order valence-electron chi connectivity index (χ3n) is 4.80. The molecule has 0 aromatic rings. The highest BCUT2D eigenvalue weighted by molar-refractivity contribution is 7.86. The zero-order valence-corrected chi connectivity index (χ0v) is 18.0. The first-order valence-electron chi connectivity index (χ1n) is 10.3. The van der Waals surface area contributed by atoms with Gasteiger partial charge in [0.1, 0.15) is 0 Å². The highest BCUT2D eigenvalue weighted by Crippen LogP contribution is 2.24. The van der Waals surface area contributed by atoms with Gasteiger partial charge in [-0.3, -0.25) is 4.18 Å². The first-order valence-corrected chi connectivity index (χ1v) is 12.1. The minimum absolute atomic E-state index is 0.163. The van der Waals surface area contributed by atoms with Crippen molar-refractivity contribution in [3.05, 3.63) is 12.7 Å². The summed E-state index contributed by atoms with van der Waals surface area (Å²) in [5.74, 6) is 1.03. The lowest BCUT2D eigenvalue weighted by Crippen LogP contribution is -2.23. The number of allylic oxidation sites excluding steroid dienone is 1. The van der Waals surface area contributed by atoms with Gasteiger partial charge in [0.2, 0.25) is 0 Å². The van der Waals surface area contributed by atoms with E-state index in [1.807, 2.05) is 6.08 Å². The van der Waals surface area contributed by atoms with Gasteiger partial charge in [0.15, 0.2) is 0 Å². The molecule has 0 bridgehead atoms. The minimum Gasteiger partial charge on any atom is -0.267 e. The first kappa shape index (κ1) is 24.7. The average molecular weight is 375 g/mol. The maximum Gasteiger partial charge on any atom is 0.264 e. The molecule has 0 amide bonds. The van der Waals surface area contributed by atoms with E-state index in [1.165, 1.54) is 51.2 Å². The van der Waals surface area contributed by atoms with Crippen LogP contribution in [0.25, 0.3) is 0 Å². The van der Waals surface area contributed by atoms with Gasteiger partial charge in [0.05, 0.1) is 12.4 Å². The Labute approximate surface area is 157 Å². The van der Waals surface area contributed by atoms with Crippen LogP contribution >= 0.6 is 0 Å². The standard InChI is InChI=1S/C21H42O3S/c1-6-8-10-11-12-13-14-16-20(4)18-21(24-25(5,22)23)17-19(3)15-9-7-2/h6,19-21H,1,7-18H2,2-5H3/t19-,20+,21-/m0/s1. The van der Waals surface area contributed by atoms with Gasteiger partial charge in [-0.15, -0.1) is 6.58 Å². The van der Waals surface area contributed by atoms with E-state index < -0.39 is 10.1 Å². The van der Waals surface area contributed by atoms with Crippen molar-refractivity contribution in [3.8, 4) is 0 Å². The van der Waals surface area contributed by atoms with Crippen molar-refractivity contribution in [2.24, 2.45) is 11.8 Å². The van der Waals surface area contributed by atoms with E-state index in [9.17, 15) is 8.42 Å². The van der Waals surface area contributed by atoms with Crippen LogP contribution in [0, 0.1) is 11.8 Å². The van der Waals surface area contributed by atoms with E-state index in [2.05, 4.69) is 27.4 Å². The Kier molecular flexibility index (Phi) is 14.6. The summed E-state index contributed by atoms with van der Waals surface area (Å²) in [5.41, 5.74) is 0. The molecule has 0 aliphatic heterocycles. The van der Waals surface area contributed by atoms with Crippen LogP contribution in [-0.2, 0) is 14.3 Å². The predicted octanol–water partition coefficient (Wildman–Crippen LogP) is 6.49. The summed E-state index contributed by atoms with van der Waals surface area (Å²) in [4.78, 5) is 0. The molecule has 0 rings (SSSR count). The molecule has 0 saturated heterocycles. The van der Waals surface area contributed by atoms with Crippen LogP contribution < -0.4 is 0 Å². The number of hydrogen-bond donors (Lipinski definition) is 0. The Morgan fingerprint density at radius 3 is 1.96 bits per heavy atom. The molecule has 0 aliphatic carbocycles. The van der Waals surface area contributed by atoms with Gasteiger partial charge in [-0.1, -0.05) is 78.2 Å². The first-order chi connectivity index (χ1) is 11.8. The Morgan fingerprint density at radius 1 is 0.920 bits per heavy atom. The fourth-order valence-electron chi connectivity index (χ4n) is 3.42. The predicted molar refractivity (Wildman–Crippen MR) is 109 cm³/mol. The zero-order chi connectivity index (χ0) is 19.1. The van der Waals surface area contributed by atoms with Gasteiger partial charge in [0, 0.05) is 0 Å². The van der Waals surface area contributed by atoms with E-state index in [0.717, 1.165) is 32.1 Å². The maximum absolute atomic E-state index is 11.6. The van der Waals surface area contributed by atoms with Crippen molar-refractivity contribution in [2.45, 2.75) is 104 Å². The van der Waals surface area contributed by atoms with E-state index in [4.69, 9.17) is 4.18 Å². The van der Waals surface area contributed by atoms with Crippen LogP contribution in [0.5, 0.6) is 0 Å². The molecule has 0 N–H and O–H groups in total. The smallest absolute Gasteiger partial charge is 0.264 e. The van der Waals surface area contributed by atoms with Crippen molar-refractivity contribution < 1.29 is 12.6 Å². The Hall–Kier alpha value is -0.350. The molecule has 0 aliphatic rings. The normalized spacial score (nSPS) is 15.7. The largest absolute Gasteiger partial charge is 0.267 e. The van der Waals surface area contributed by atoms with Gasteiger partial charge in [-0.05, 0) is 37.5 Å². The molecule has 3 atom stereocenters. The van der Waals surface area contributed by atoms with E-state index in [0.29, 0.717) is 11.8 Å². The molecular formula is C21H42O3S. The van der Waals surface area contributed by atoms with Crippen molar-refractivity contribution in [3.63, 3.8) is 0 Å². The van der Waals surface area contributed by atoms with Gasteiger partial charge >= 0.3 is 0 Å². The molecule has 150 valence electrons. The summed E-state index contributed by atoms with van der Waals surface area (Å²) in [6, 6.07) is 0. The van der Waals surface area contributed by atoms with Crippen molar-refractivity contribution in [1.29, 1.82) is 0 Å². The summed E-state index contributed by atoms with van der Waals surface area (Å²) < 4.78 is 28.5. The third-order valence-corrected chi connectivity index (χ3v) is 5.42. The molecule has 0 fully saturated rings. The molecule has 0 spiro atoms. The fraction of sp³-hybridized carbons (Fsp3) is 0.905. The second kappa shape index (κ2) is 14.8. The second-order valence-corrected chi connectivity index (χ2v) is 9.48. The number of hydrogen-bond acceptors (Lipinski definition) is 3. The quantitative estimate of drug-likeness (QED) is 0.166. The maximum atomic E-state index is 11.6. The van der Waals surface area contributed by atoms with Gasteiger partial charge in [-0.2, -0.15) is 8.42 Å². The van der Waals surface area contributed by atoms with Crippen molar-refractivity contribution in [1.82, 2.24) is 0 Å². The Balaban J connectivity index is 4.17. The summed E-state index contributed by atoms with van der Waals surface area (Å²) in [7, 11) is -3.38. The molecular weight excluding hydrogens is 332 g/mol. The molecule has 0 heterocycles. The minimum atomic E-state index is -3.38. The highest BCUT2D eigenvalue weighted by Gasteiger charge is 2.21. The van der Waals surface area contributed by atoms with Gasteiger partial charge in [-0.25, -0.2) is 0 Å². The lowest BCUT2D eigenvalue weighted by molar-refractivity contribution is 0.146. The van der Waals surface area contributed by atoms with E-state index >= 15 is 0 Å². The van der Waals surface area contributed by atoms with Crippen LogP contribution in [-0.4, -0.2) is 20.8 Å². The summed E-state index contributed by atoms with van der Waals surface area (Å²) in [6.07, 6.45) is 16.8. The van der Waals surface area contributed by atoms with Gasteiger partial charge < -0.3 is 0 Å². The fourth-order valence-corrected chi connectivity index (χ4v) is 4.07. The highest BCUT2D eigenvalue weighted by atomic mass is 32.2. The Bertz CT molecular complexity index is 417. The van der Waals surface area contributed by atoms with E-state index in [1.54, 1.807) is 0 Å². The molecule has 0 radical (unpaired) electrons. The van der Waals surface area contributed by atoms with Crippen LogP contribution in [0.4, 0.5) is 0 Å². The van der Waals surface area contributed by atoms with Crippen LogP contribution in [0.2, 0.25) is 0 Å². The molecule has 3 nitrogen and oxygen atoms in total. The number of rotatable bonds is 17. The van der Waals surface area contributed by atoms with E-state index in [-0.39, 0.29) is 6.10 Å². The average Bonchev–Trinajstić information content (AvgIpc) is 2.50. The molecule has 25 heavy (non-hydrogen) atoms. The SMILES string of the molecule is C=CCCCCCCC[C@@H](C)C[C@H](C[C@@H](C)CCCC)OS(C)(=O)=O. The molecule has 0 aromatic carbocycles. The van der Waals surface area contributed by atoms with Gasteiger partial charge in [0.25, 0.3) is 10.1 Å². The molecule has 0 aromatic heterocycles. The molecule has 0 saturated carbocycles. The topological polar surface area (TPSA) is 43.4 Å². The molecule has 4 heteroatoms. The summed E-state index contributed by atoms with van der Waals surface area (Å²) >= 11 is 0. The van der Waals surface area contributed by atoms with Crippen LogP contribution in [0.1, 0.15) is 97.8 Å².